The molecular formula is C17H27ClN2O2. The van der Waals surface area contributed by atoms with Crippen LogP contribution in [-0.4, -0.2) is 45.3 Å². The second kappa shape index (κ2) is 8.61. The molecule has 1 saturated heterocycles. The number of nitrogens with one attached hydrogen (secondary N) is 1. The first-order valence-electron chi connectivity index (χ1n) is 8.02. The second-order valence-corrected chi connectivity index (χ2v) is 6.18. The molecule has 0 radical (unpaired) electrons. The Morgan fingerprint density at radius 2 is 1.95 bits per heavy atom. The number of hydrogen-bond acceptors (Lipinski definition) is 4. The van der Waals surface area contributed by atoms with Crippen LogP contribution in [0.5, 0.6) is 11.5 Å². The quantitative estimate of drug-likeness (QED) is 0.834. The average Bonchev–Trinajstić information content (AvgIpc) is 2.55. The van der Waals surface area contributed by atoms with Gasteiger partial charge >= 0.3 is 0 Å². The summed E-state index contributed by atoms with van der Waals surface area (Å²) in [6, 6.07) is 3.96. The van der Waals surface area contributed by atoms with Crippen molar-refractivity contribution in [1.29, 1.82) is 0 Å². The number of nitrogens with zero attached hydrogens (tertiary/aromatic N) is 1. The summed E-state index contributed by atoms with van der Waals surface area (Å²) < 4.78 is 10.7. The number of piperidine rings is 1. The van der Waals surface area contributed by atoms with Crippen LogP contribution < -0.4 is 14.8 Å². The molecule has 1 heterocycles. The molecule has 0 atom stereocenters. The third kappa shape index (κ3) is 4.28. The third-order valence-electron chi connectivity index (χ3n) is 4.35. The van der Waals surface area contributed by atoms with Gasteiger partial charge in [-0.05, 0) is 56.6 Å². The lowest BCUT2D eigenvalue weighted by atomic mass is 9.96. The molecule has 0 aromatic heterocycles. The van der Waals surface area contributed by atoms with Gasteiger partial charge in [0.2, 0.25) is 0 Å². The third-order valence-corrected chi connectivity index (χ3v) is 4.76. The maximum Gasteiger partial charge on any atom is 0.179 e. The lowest BCUT2D eigenvalue weighted by molar-refractivity contribution is 0.175. The Bertz CT molecular complexity index is 474. The molecule has 2 rings (SSSR count). The largest absolute Gasteiger partial charge is 0.493 e. The fraction of sp³-hybridized carbons (Fsp3) is 0.647. The molecule has 22 heavy (non-hydrogen) atoms. The summed E-state index contributed by atoms with van der Waals surface area (Å²) in [7, 11) is 3.25. The molecule has 124 valence electrons. The Kier molecular flexibility index (Phi) is 6.80. The maximum atomic E-state index is 6.47. The molecule has 0 aliphatic carbocycles. The van der Waals surface area contributed by atoms with E-state index in [4.69, 9.17) is 21.1 Å². The molecule has 0 amide bonds. The Morgan fingerprint density at radius 3 is 2.55 bits per heavy atom. The fourth-order valence-corrected chi connectivity index (χ4v) is 3.28. The first-order valence-corrected chi connectivity index (χ1v) is 8.39. The summed E-state index contributed by atoms with van der Waals surface area (Å²) in [6.45, 7) is 7.48. The Labute approximate surface area is 138 Å². The van der Waals surface area contributed by atoms with Gasteiger partial charge in [0.1, 0.15) is 0 Å². The van der Waals surface area contributed by atoms with Crippen LogP contribution in [0, 0.1) is 5.92 Å². The van der Waals surface area contributed by atoms with Crippen molar-refractivity contribution >= 4 is 11.6 Å². The van der Waals surface area contributed by atoms with Crippen molar-refractivity contribution in [1.82, 2.24) is 10.2 Å². The molecule has 1 aliphatic heterocycles. The van der Waals surface area contributed by atoms with Crippen molar-refractivity contribution in [2.45, 2.75) is 26.3 Å². The lowest BCUT2D eigenvalue weighted by Gasteiger charge is -2.32. The van der Waals surface area contributed by atoms with E-state index < -0.39 is 0 Å². The predicted molar refractivity (Wildman–Crippen MR) is 91.1 cm³/mol. The number of methoxy groups -OCH3 is 2. The molecule has 0 unspecified atom stereocenters. The van der Waals surface area contributed by atoms with E-state index in [0.29, 0.717) is 16.5 Å². The van der Waals surface area contributed by atoms with Crippen LogP contribution in [0.15, 0.2) is 12.1 Å². The van der Waals surface area contributed by atoms with E-state index in [9.17, 15) is 0 Å². The van der Waals surface area contributed by atoms with Gasteiger partial charge in [0.05, 0.1) is 19.2 Å². The summed E-state index contributed by atoms with van der Waals surface area (Å²) in [5.41, 5.74) is 1.10. The van der Waals surface area contributed by atoms with Gasteiger partial charge in [0.15, 0.2) is 11.5 Å². The molecule has 0 spiro atoms. The molecule has 0 bridgehead atoms. The van der Waals surface area contributed by atoms with Crippen LogP contribution >= 0.6 is 11.6 Å². The van der Waals surface area contributed by atoms with Crippen molar-refractivity contribution in [2.24, 2.45) is 5.92 Å². The van der Waals surface area contributed by atoms with Crippen molar-refractivity contribution in [3.05, 3.63) is 22.7 Å². The SMILES string of the molecule is CCNCC1CCN(Cc2ccc(OC)c(OC)c2Cl)CC1. The minimum atomic E-state index is 0.628. The normalized spacial score (nSPS) is 16.7. The number of benzene rings is 1. The van der Waals surface area contributed by atoms with E-state index in [1.807, 2.05) is 12.1 Å². The summed E-state index contributed by atoms with van der Waals surface area (Å²) in [5.74, 6) is 2.11. The summed E-state index contributed by atoms with van der Waals surface area (Å²) >= 11 is 6.47. The van der Waals surface area contributed by atoms with Crippen LogP contribution in [0.25, 0.3) is 0 Å². The van der Waals surface area contributed by atoms with Crippen molar-refractivity contribution in [3.8, 4) is 11.5 Å². The van der Waals surface area contributed by atoms with Gasteiger partial charge in [0.25, 0.3) is 0 Å². The summed E-state index contributed by atoms with van der Waals surface area (Å²) in [6.07, 6.45) is 2.50. The van der Waals surface area contributed by atoms with Crippen LogP contribution in [0.2, 0.25) is 5.02 Å². The minimum absolute atomic E-state index is 0.628. The highest BCUT2D eigenvalue weighted by Gasteiger charge is 2.21. The van der Waals surface area contributed by atoms with Crippen LogP contribution in [0.3, 0.4) is 0 Å². The number of ether oxygens (including phenoxy) is 2. The Morgan fingerprint density at radius 1 is 1.23 bits per heavy atom. The number of halogens is 1. The van der Waals surface area contributed by atoms with E-state index in [2.05, 4.69) is 17.1 Å². The summed E-state index contributed by atoms with van der Waals surface area (Å²) in [5, 5.41) is 4.11. The highest BCUT2D eigenvalue weighted by Crippen LogP contribution is 2.38. The number of likely N-dealkylation sites (tertiary alicyclic amines) is 1. The molecule has 4 nitrogen and oxygen atoms in total. The van der Waals surface area contributed by atoms with Gasteiger partial charge in [-0.3, -0.25) is 4.90 Å². The molecule has 1 aliphatic rings. The zero-order chi connectivity index (χ0) is 15.9. The average molecular weight is 327 g/mol. The maximum absolute atomic E-state index is 6.47. The Balaban J connectivity index is 1.95. The first kappa shape index (κ1) is 17.4. The van der Waals surface area contributed by atoms with E-state index in [1.165, 1.54) is 12.8 Å². The van der Waals surface area contributed by atoms with Gasteiger partial charge in [-0.25, -0.2) is 0 Å². The molecular weight excluding hydrogens is 300 g/mol. The van der Waals surface area contributed by atoms with E-state index in [1.54, 1.807) is 14.2 Å². The van der Waals surface area contributed by atoms with E-state index >= 15 is 0 Å². The van der Waals surface area contributed by atoms with Gasteiger partial charge in [-0.1, -0.05) is 24.6 Å². The van der Waals surface area contributed by atoms with Gasteiger partial charge in [0, 0.05) is 6.54 Å². The van der Waals surface area contributed by atoms with Gasteiger partial charge < -0.3 is 14.8 Å². The lowest BCUT2D eigenvalue weighted by Crippen LogP contribution is -2.36. The highest BCUT2D eigenvalue weighted by atomic mass is 35.5. The van der Waals surface area contributed by atoms with Crippen molar-refractivity contribution in [2.75, 3.05) is 40.4 Å². The topological polar surface area (TPSA) is 33.7 Å². The molecule has 1 N–H and O–H groups in total. The van der Waals surface area contributed by atoms with Crippen LogP contribution in [-0.2, 0) is 6.54 Å². The highest BCUT2D eigenvalue weighted by molar-refractivity contribution is 6.33. The van der Waals surface area contributed by atoms with Crippen molar-refractivity contribution in [3.63, 3.8) is 0 Å². The zero-order valence-electron chi connectivity index (χ0n) is 13.8. The fourth-order valence-electron chi connectivity index (χ4n) is 2.99. The van der Waals surface area contributed by atoms with Gasteiger partial charge in [-0.2, -0.15) is 0 Å². The second-order valence-electron chi connectivity index (χ2n) is 5.80. The molecule has 1 aromatic rings. The standard InChI is InChI=1S/C17H27ClN2O2/c1-4-19-11-13-7-9-20(10-8-13)12-14-5-6-15(21-2)17(22-3)16(14)18/h5-6,13,19H,4,7-12H2,1-3H3. The molecule has 0 saturated carbocycles. The van der Waals surface area contributed by atoms with E-state index in [-0.39, 0.29) is 0 Å². The molecule has 5 heteroatoms. The summed E-state index contributed by atoms with van der Waals surface area (Å²) in [4.78, 5) is 2.47. The Hall–Kier alpha value is -0.970. The van der Waals surface area contributed by atoms with Gasteiger partial charge in [-0.15, -0.1) is 0 Å². The zero-order valence-corrected chi connectivity index (χ0v) is 14.6. The predicted octanol–water partition coefficient (Wildman–Crippen LogP) is 3.18. The van der Waals surface area contributed by atoms with Crippen molar-refractivity contribution < 1.29 is 9.47 Å². The molecule has 1 aromatic carbocycles. The monoisotopic (exact) mass is 326 g/mol. The van der Waals surface area contributed by atoms with Crippen LogP contribution in [0.4, 0.5) is 0 Å². The number of rotatable bonds is 7. The smallest absolute Gasteiger partial charge is 0.179 e. The molecule has 1 fully saturated rings. The first-order chi connectivity index (χ1) is 10.7. The van der Waals surface area contributed by atoms with E-state index in [0.717, 1.165) is 44.2 Å². The van der Waals surface area contributed by atoms with Crippen LogP contribution in [0.1, 0.15) is 25.3 Å². The number of hydrogen-bond donors (Lipinski definition) is 1. The minimum Gasteiger partial charge on any atom is -0.493 e.